The van der Waals surface area contributed by atoms with Crippen LogP contribution in [0.25, 0.3) is 0 Å². The summed E-state index contributed by atoms with van der Waals surface area (Å²) in [4.78, 5) is 15.6. The van der Waals surface area contributed by atoms with E-state index in [0.29, 0.717) is 41.6 Å². The molecule has 1 atom stereocenters. The van der Waals surface area contributed by atoms with Gasteiger partial charge in [-0.3, -0.25) is 9.52 Å². The number of carbonyl (C=O) groups excluding carboxylic acids is 1. The molecular weight excluding hydrogens is 570 g/mol. The second-order valence-electron chi connectivity index (χ2n) is 10.6. The number of nitrogens with zero attached hydrogens (tertiary/aromatic N) is 1. The van der Waals surface area contributed by atoms with E-state index in [4.69, 9.17) is 18.9 Å². The summed E-state index contributed by atoms with van der Waals surface area (Å²) in [5.74, 6) is 2.81. The predicted molar refractivity (Wildman–Crippen MR) is 167 cm³/mol. The molecule has 0 bridgehead atoms. The van der Waals surface area contributed by atoms with Crippen molar-refractivity contribution in [1.82, 2.24) is 10.2 Å². The summed E-state index contributed by atoms with van der Waals surface area (Å²) in [5, 5.41) is 3.55. The first-order valence-corrected chi connectivity index (χ1v) is 16.1. The summed E-state index contributed by atoms with van der Waals surface area (Å²) in [7, 11) is 3.06. The smallest absolute Gasteiger partial charge is 0.254 e. The van der Waals surface area contributed by atoms with Crippen molar-refractivity contribution in [3.05, 3.63) is 76.9 Å². The Hall–Kier alpha value is -3.96. The van der Waals surface area contributed by atoms with Crippen LogP contribution in [-0.4, -0.2) is 73.6 Å². The third kappa shape index (κ3) is 8.55. The zero-order chi connectivity index (χ0) is 31.0. The summed E-state index contributed by atoms with van der Waals surface area (Å²) in [6, 6.07) is 16.2. The fourth-order valence-electron chi connectivity index (χ4n) is 5.44. The number of sulfonamides is 1. The molecular formula is C32H41N3O7S. The van der Waals surface area contributed by atoms with Crippen LogP contribution in [0.3, 0.4) is 0 Å². The average molecular weight is 612 g/mol. The third-order valence-electron chi connectivity index (χ3n) is 7.53. The number of hydrogen-bond acceptors (Lipinski definition) is 8. The van der Waals surface area contributed by atoms with Crippen LogP contribution in [0.1, 0.15) is 45.8 Å². The molecule has 1 aliphatic rings. The highest BCUT2D eigenvalue weighted by Gasteiger charge is 2.23. The predicted octanol–water partition coefficient (Wildman–Crippen LogP) is 4.44. The number of anilines is 1. The van der Waals surface area contributed by atoms with Gasteiger partial charge in [0.15, 0.2) is 11.5 Å². The summed E-state index contributed by atoms with van der Waals surface area (Å²) in [6.07, 6.45) is 3.61. The lowest BCUT2D eigenvalue weighted by molar-refractivity contribution is 0.0739. The Morgan fingerprint density at radius 2 is 1.58 bits per heavy atom. The van der Waals surface area contributed by atoms with E-state index < -0.39 is 10.0 Å². The molecule has 1 heterocycles. The number of carbonyl (C=O) groups is 1. The number of nitrogens with one attached hydrogen (secondary N) is 2. The summed E-state index contributed by atoms with van der Waals surface area (Å²) >= 11 is 0. The number of fused-ring (bicyclic) bond motifs is 1. The topological polar surface area (TPSA) is 115 Å². The highest BCUT2D eigenvalue weighted by Crippen LogP contribution is 2.36. The van der Waals surface area contributed by atoms with Gasteiger partial charge in [0.05, 0.1) is 34.7 Å². The first-order chi connectivity index (χ1) is 20.6. The number of benzene rings is 3. The third-order valence-corrected chi connectivity index (χ3v) is 8.14. The normalized spacial score (nSPS) is 14.7. The van der Waals surface area contributed by atoms with E-state index in [1.807, 2.05) is 17.0 Å². The van der Waals surface area contributed by atoms with Gasteiger partial charge in [-0.1, -0.05) is 0 Å². The second kappa shape index (κ2) is 14.5. The van der Waals surface area contributed by atoms with Gasteiger partial charge in [-0.15, -0.1) is 0 Å². The molecule has 43 heavy (non-hydrogen) atoms. The van der Waals surface area contributed by atoms with E-state index in [0.717, 1.165) is 49.9 Å². The molecule has 1 aliphatic heterocycles. The van der Waals surface area contributed by atoms with E-state index in [-0.39, 0.29) is 11.8 Å². The summed E-state index contributed by atoms with van der Waals surface area (Å²) < 4.78 is 47.7. The lowest BCUT2D eigenvalue weighted by Gasteiger charge is -2.25. The molecule has 11 heteroatoms. The minimum Gasteiger partial charge on any atom is -0.497 e. The molecule has 2 N–H and O–H groups in total. The first-order valence-electron chi connectivity index (χ1n) is 14.2. The Labute approximate surface area is 254 Å². The van der Waals surface area contributed by atoms with E-state index in [1.54, 1.807) is 58.8 Å². The molecule has 3 aromatic carbocycles. The van der Waals surface area contributed by atoms with Crippen LogP contribution >= 0.6 is 0 Å². The van der Waals surface area contributed by atoms with E-state index in [2.05, 4.69) is 22.2 Å². The molecule has 0 fully saturated rings. The second-order valence-corrected chi connectivity index (χ2v) is 12.3. The number of ether oxygens (including phenoxy) is 4. The number of amides is 1. The van der Waals surface area contributed by atoms with Crippen LogP contribution in [0.2, 0.25) is 0 Å². The van der Waals surface area contributed by atoms with Gasteiger partial charge in [-0.2, -0.15) is 0 Å². The van der Waals surface area contributed by atoms with E-state index in [9.17, 15) is 13.2 Å². The molecule has 1 amide bonds. The maximum Gasteiger partial charge on any atom is 0.254 e. The van der Waals surface area contributed by atoms with Crippen LogP contribution in [0.5, 0.6) is 23.0 Å². The van der Waals surface area contributed by atoms with Crippen LogP contribution in [0, 0.1) is 0 Å². The minimum atomic E-state index is -3.42. The zero-order valence-corrected chi connectivity index (χ0v) is 26.3. The number of methoxy groups -OCH3 is 4. The van der Waals surface area contributed by atoms with Crippen LogP contribution < -0.4 is 29.0 Å². The largest absolute Gasteiger partial charge is 0.497 e. The Morgan fingerprint density at radius 3 is 2.19 bits per heavy atom. The standard InChI is InChI=1S/C32H41N3O7S/c1-39-27-15-22(16-28(18-27)40-2)21-35(32(36)23-8-10-26(11-9-23)34-43(5,37)38)14-6-7-25-20-33-13-12-24-17-30(41-3)31(42-4)19-29(24)25/h8-11,15-19,25,33-34H,6-7,12-14,20-21H2,1-5H3. The fraction of sp³-hybridized carbons (Fsp3) is 0.406. The van der Waals surface area contributed by atoms with Gasteiger partial charge in [0.25, 0.3) is 5.91 Å². The highest BCUT2D eigenvalue weighted by molar-refractivity contribution is 7.92. The van der Waals surface area contributed by atoms with Crippen molar-refractivity contribution < 1.29 is 32.2 Å². The van der Waals surface area contributed by atoms with Crippen LogP contribution in [0.15, 0.2) is 54.6 Å². The van der Waals surface area contributed by atoms with Crippen molar-refractivity contribution in [1.29, 1.82) is 0 Å². The molecule has 1 unspecified atom stereocenters. The Bertz CT molecular complexity index is 1490. The molecule has 0 saturated carbocycles. The van der Waals surface area contributed by atoms with E-state index in [1.165, 1.54) is 11.1 Å². The molecule has 232 valence electrons. The lowest BCUT2D eigenvalue weighted by atomic mass is 9.89. The number of rotatable bonds is 13. The van der Waals surface area contributed by atoms with Gasteiger partial charge in [0, 0.05) is 37.0 Å². The molecule has 0 aliphatic carbocycles. The van der Waals surface area contributed by atoms with Gasteiger partial charge in [-0.05, 0) is 96.9 Å². The van der Waals surface area contributed by atoms with Crippen molar-refractivity contribution in [2.45, 2.75) is 31.7 Å². The molecule has 4 rings (SSSR count). The van der Waals surface area contributed by atoms with Crippen molar-refractivity contribution in [3.8, 4) is 23.0 Å². The SMILES string of the molecule is COc1cc(CN(CCCC2CNCCc3cc(OC)c(OC)cc32)C(=O)c2ccc(NS(C)(=O)=O)cc2)cc(OC)c1. The quantitative estimate of drug-likeness (QED) is 0.292. The van der Waals surface area contributed by atoms with Gasteiger partial charge >= 0.3 is 0 Å². The fourth-order valence-corrected chi connectivity index (χ4v) is 6.00. The van der Waals surface area contributed by atoms with Crippen molar-refractivity contribution >= 4 is 21.6 Å². The molecule has 0 spiro atoms. The summed E-state index contributed by atoms with van der Waals surface area (Å²) in [6.45, 7) is 2.57. The van der Waals surface area contributed by atoms with Crippen LogP contribution in [-0.2, 0) is 23.0 Å². The van der Waals surface area contributed by atoms with Crippen LogP contribution in [0.4, 0.5) is 5.69 Å². The Morgan fingerprint density at radius 1 is 0.930 bits per heavy atom. The average Bonchev–Trinajstić information content (AvgIpc) is 3.20. The van der Waals surface area contributed by atoms with Crippen molar-refractivity contribution in [2.75, 3.05) is 59.1 Å². The summed E-state index contributed by atoms with van der Waals surface area (Å²) in [5.41, 5.74) is 4.22. The molecule has 0 saturated heterocycles. The zero-order valence-electron chi connectivity index (χ0n) is 25.4. The molecule has 0 aromatic heterocycles. The van der Waals surface area contributed by atoms with Gasteiger partial charge in [0.2, 0.25) is 10.0 Å². The van der Waals surface area contributed by atoms with Crippen molar-refractivity contribution in [3.63, 3.8) is 0 Å². The molecule has 3 aromatic rings. The minimum absolute atomic E-state index is 0.154. The lowest BCUT2D eigenvalue weighted by Crippen LogP contribution is -2.32. The van der Waals surface area contributed by atoms with Gasteiger partial charge < -0.3 is 29.2 Å². The number of hydrogen-bond donors (Lipinski definition) is 2. The van der Waals surface area contributed by atoms with Gasteiger partial charge in [0.1, 0.15) is 11.5 Å². The Kier molecular flexibility index (Phi) is 10.8. The molecule has 0 radical (unpaired) electrons. The first kappa shape index (κ1) is 32.0. The maximum absolute atomic E-state index is 13.8. The highest BCUT2D eigenvalue weighted by atomic mass is 32.2. The van der Waals surface area contributed by atoms with Crippen molar-refractivity contribution in [2.24, 2.45) is 0 Å². The Balaban J connectivity index is 1.56. The van der Waals surface area contributed by atoms with E-state index >= 15 is 0 Å². The van der Waals surface area contributed by atoms with Gasteiger partial charge in [-0.25, -0.2) is 8.42 Å². The monoisotopic (exact) mass is 611 g/mol. The maximum atomic E-state index is 13.8. The molecule has 10 nitrogen and oxygen atoms in total.